The van der Waals surface area contributed by atoms with Crippen LogP contribution in [0.5, 0.6) is 0 Å². The van der Waals surface area contributed by atoms with E-state index in [1.165, 1.54) is 18.2 Å². The summed E-state index contributed by atoms with van der Waals surface area (Å²) in [5.74, 6) is -1.31. The van der Waals surface area contributed by atoms with Crippen molar-refractivity contribution < 1.29 is 8.78 Å². The van der Waals surface area contributed by atoms with E-state index in [2.05, 4.69) is 30.7 Å². The maximum absolute atomic E-state index is 14.4. The summed E-state index contributed by atoms with van der Waals surface area (Å²) in [7, 11) is 0. The van der Waals surface area contributed by atoms with E-state index in [0.29, 0.717) is 17.1 Å². The molecule has 27 heavy (non-hydrogen) atoms. The number of hydrogen-bond donors (Lipinski definition) is 3. The molecule has 3 N–H and O–H groups in total. The zero-order valence-corrected chi connectivity index (χ0v) is 13.8. The summed E-state index contributed by atoms with van der Waals surface area (Å²) in [5, 5.41) is 16.8. The Morgan fingerprint density at radius 1 is 0.889 bits per heavy atom. The Labute approximate surface area is 152 Å². The van der Waals surface area contributed by atoms with Gasteiger partial charge in [-0.1, -0.05) is 12.1 Å². The van der Waals surface area contributed by atoms with Crippen LogP contribution in [0.2, 0.25) is 0 Å². The van der Waals surface area contributed by atoms with Crippen molar-refractivity contribution in [2.24, 2.45) is 4.99 Å². The molecule has 0 aliphatic carbocycles. The van der Waals surface area contributed by atoms with E-state index < -0.39 is 11.6 Å². The quantitative estimate of drug-likeness (QED) is 0.499. The number of aliphatic imine (C=N–C) groups is 1. The van der Waals surface area contributed by atoms with Gasteiger partial charge in [0.15, 0.2) is 0 Å². The molecular weight excluding hydrogens is 350 g/mol. The predicted molar refractivity (Wildman–Crippen MR) is 97.8 cm³/mol. The molecular formula is C19H12F2N6. The zero-order valence-electron chi connectivity index (χ0n) is 13.8. The number of anilines is 1. The van der Waals surface area contributed by atoms with E-state index in [9.17, 15) is 8.78 Å². The van der Waals surface area contributed by atoms with Crippen molar-refractivity contribution in [2.75, 3.05) is 5.32 Å². The highest BCUT2D eigenvalue weighted by Crippen LogP contribution is 2.39. The molecule has 132 valence electrons. The second-order valence-electron chi connectivity index (χ2n) is 6.04. The molecule has 3 heterocycles. The van der Waals surface area contributed by atoms with E-state index in [4.69, 9.17) is 0 Å². The molecule has 0 saturated heterocycles. The van der Waals surface area contributed by atoms with Crippen LogP contribution in [0.4, 0.5) is 20.2 Å². The number of rotatable bonds is 2. The summed E-state index contributed by atoms with van der Waals surface area (Å²) in [6.07, 6.45) is 3.21. The molecule has 0 amide bonds. The molecule has 5 rings (SSSR count). The van der Waals surface area contributed by atoms with Crippen molar-refractivity contribution in [2.45, 2.75) is 0 Å². The van der Waals surface area contributed by atoms with Crippen LogP contribution in [-0.4, -0.2) is 26.2 Å². The van der Waals surface area contributed by atoms with Crippen molar-refractivity contribution in [3.05, 3.63) is 72.1 Å². The molecule has 0 bridgehead atoms. The molecule has 1 aliphatic rings. The molecule has 2 aromatic heterocycles. The fourth-order valence-corrected chi connectivity index (χ4v) is 3.12. The third-order valence-corrected chi connectivity index (χ3v) is 4.40. The number of aromatic amines is 2. The van der Waals surface area contributed by atoms with Crippen LogP contribution in [0.1, 0.15) is 5.56 Å². The molecule has 2 aromatic carbocycles. The van der Waals surface area contributed by atoms with Crippen molar-refractivity contribution in [1.82, 2.24) is 20.4 Å². The Balaban J connectivity index is 1.75. The summed E-state index contributed by atoms with van der Waals surface area (Å²) in [6, 6.07) is 11.2. The van der Waals surface area contributed by atoms with Crippen LogP contribution in [-0.2, 0) is 0 Å². The van der Waals surface area contributed by atoms with Gasteiger partial charge < -0.3 is 5.32 Å². The lowest BCUT2D eigenvalue weighted by atomic mass is 10.0. The van der Waals surface area contributed by atoms with E-state index in [-0.39, 0.29) is 11.4 Å². The molecule has 0 atom stereocenters. The van der Waals surface area contributed by atoms with Gasteiger partial charge in [0.05, 0.1) is 34.5 Å². The van der Waals surface area contributed by atoms with Gasteiger partial charge in [0.2, 0.25) is 0 Å². The average Bonchev–Trinajstić information content (AvgIpc) is 3.31. The standard InChI is InChI=1S/C19H12F2N6/c20-12-2-1-3-13(21)17(12)19-24-15-8-10(14-6-7-22-26-14)4-5-11(15)18-16(25-19)9-23-27-18/h1-9H,(H,22,26)(H,23,27)(H,24,25). The third-order valence-electron chi connectivity index (χ3n) is 4.40. The lowest BCUT2D eigenvalue weighted by molar-refractivity contribution is 0.579. The largest absolute Gasteiger partial charge is 0.336 e. The van der Waals surface area contributed by atoms with Gasteiger partial charge in [0.25, 0.3) is 0 Å². The highest BCUT2D eigenvalue weighted by molar-refractivity contribution is 6.13. The average molecular weight is 362 g/mol. The number of nitrogens with one attached hydrogen (secondary N) is 3. The van der Waals surface area contributed by atoms with Crippen LogP contribution >= 0.6 is 0 Å². The van der Waals surface area contributed by atoms with Crippen LogP contribution in [0, 0.1) is 11.6 Å². The normalized spacial score (nSPS) is 12.6. The van der Waals surface area contributed by atoms with Crippen LogP contribution in [0.3, 0.4) is 0 Å². The smallest absolute Gasteiger partial charge is 0.144 e. The number of benzene rings is 2. The fourth-order valence-electron chi connectivity index (χ4n) is 3.12. The summed E-state index contributed by atoms with van der Waals surface area (Å²) in [5.41, 5.74) is 4.05. The van der Waals surface area contributed by atoms with Crippen molar-refractivity contribution in [3.8, 4) is 22.5 Å². The fraction of sp³-hybridized carbons (Fsp3) is 0. The topological polar surface area (TPSA) is 81.8 Å². The highest BCUT2D eigenvalue weighted by Gasteiger charge is 2.23. The number of aromatic nitrogens is 4. The van der Waals surface area contributed by atoms with Gasteiger partial charge in [0.1, 0.15) is 17.5 Å². The predicted octanol–water partition coefficient (Wildman–Crippen LogP) is 4.25. The Morgan fingerprint density at radius 2 is 1.74 bits per heavy atom. The number of H-pyrrole nitrogens is 2. The first-order valence-electron chi connectivity index (χ1n) is 8.18. The SMILES string of the molecule is Fc1cccc(F)c1C1=Nc2cc(-c3ccn[nH]3)ccc2-c2[nH]ncc2N1. The Hall–Kier alpha value is -3.81. The number of nitrogens with zero attached hydrogens (tertiary/aromatic N) is 3. The lowest BCUT2D eigenvalue weighted by Crippen LogP contribution is -2.16. The Bertz CT molecular complexity index is 1160. The lowest BCUT2D eigenvalue weighted by Gasteiger charge is -2.09. The first kappa shape index (κ1) is 15.4. The van der Waals surface area contributed by atoms with Gasteiger partial charge in [-0.15, -0.1) is 0 Å². The first-order valence-corrected chi connectivity index (χ1v) is 8.18. The number of hydrogen-bond acceptors (Lipinski definition) is 4. The van der Waals surface area contributed by atoms with Gasteiger partial charge >= 0.3 is 0 Å². The molecule has 0 fully saturated rings. The zero-order chi connectivity index (χ0) is 18.4. The maximum atomic E-state index is 14.4. The maximum Gasteiger partial charge on any atom is 0.144 e. The Kier molecular flexibility index (Phi) is 3.36. The molecule has 0 unspecified atom stereocenters. The van der Waals surface area contributed by atoms with Crippen molar-refractivity contribution in [1.29, 1.82) is 0 Å². The van der Waals surface area contributed by atoms with Crippen LogP contribution in [0.15, 0.2) is 59.9 Å². The van der Waals surface area contributed by atoms with Crippen molar-refractivity contribution in [3.63, 3.8) is 0 Å². The second-order valence-corrected chi connectivity index (χ2v) is 6.04. The van der Waals surface area contributed by atoms with Crippen LogP contribution < -0.4 is 5.32 Å². The van der Waals surface area contributed by atoms with Crippen molar-refractivity contribution >= 4 is 17.2 Å². The molecule has 6 nitrogen and oxygen atoms in total. The van der Waals surface area contributed by atoms with Crippen LogP contribution in [0.25, 0.3) is 22.5 Å². The number of fused-ring (bicyclic) bond motifs is 3. The van der Waals surface area contributed by atoms with E-state index in [1.807, 2.05) is 24.3 Å². The highest BCUT2D eigenvalue weighted by atomic mass is 19.1. The van der Waals surface area contributed by atoms with Gasteiger partial charge in [-0.2, -0.15) is 10.2 Å². The summed E-state index contributed by atoms with van der Waals surface area (Å²) in [4.78, 5) is 4.53. The second kappa shape index (κ2) is 5.87. The first-order chi connectivity index (χ1) is 13.2. The molecule has 0 spiro atoms. The minimum Gasteiger partial charge on any atom is -0.336 e. The van der Waals surface area contributed by atoms with E-state index >= 15 is 0 Å². The minimum absolute atomic E-state index is 0.0776. The van der Waals surface area contributed by atoms with Gasteiger partial charge in [0, 0.05) is 17.3 Å². The molecule has 0 radical (unpaired) electrons. The van der Waals surface area contributed by atoms with Gasteiger partial charge in [-0.3, -0.25) is 10.2 Å². The summed E-state index contributed by atoms with van der Waals surface area (Å²) in [6.45, 7) is 0. The summed E-state index contributed by atoms with van der Waals surface area (Å²) < 4.78 is 28.7. The Morgan fingerprint density at radius 3 is 2.52 bits per heavy atom. The molecule has 1 aliphatic heterocycles. The third kappa shape index (κ3) is 2.50. The van der Waals surface area contributed by atoms with Gasteiger partial charge in [-0.05, 0) is 30.3 Å². The van der Waals surface area contributed by atoms with Gasteiger partial charge in [-0.25, -0.2) is 13.8 Å². The minimum atomic E-state index is -0.695. The number of amidine groups is 1. The molecule has 8 heteroatoms. The molecule has 0 saturated carbocycles. The molecule has 4 aromatic rings. The van der Waals surface area contributed by atoms with E-state index in [1.54, 1.807) is 12.4 Å². The number of halogens is 2. The monoisotopic (exact) mass is 362 g/mol. The van der Waals surface area contributed by atoms with E-state index in [0.717, 1.165) is 16.8 Å². The summed E-state index contributed by atoms with van der Waals surface area (Å²) >= 11 is 0.